The summed E-state index contributed by atoms with van der Waals surface area (Å²) in [5.41, 5.74) is 1.37. The first-order valence-electron chi connectivity index (χ1n) is 9.31. The fourth-order valence-electron chi connectivity index (χ4n) is 3.25. The summed E-state index contributed by atoms with van der Waals surface area (Å²) in [5, 5.41) is 12.0. The summed E-state index contributed by atoms with van der Waals surface area (Å²) in [7, 11) is 0. The molecular formula is C20H28N2O4. The molecule has 0 saturated heterocycles. The molecule has 1 aliphatic carbocycles. The van der Waals surface area contributed by atoms with Gasteiger partial charge in [0.25, 0.3) is 5.91 Å². The Morgan fingerprint density at radius 1 is 1.19 bits per heavy atom. The third-order valence-electron chi connectivity index (χ3n) is 5.08. The van der Waals surface area contributed by atoms with Gasteiger partial charge in [-0.25, -0.2) is 0 Å². The quantitative estimate of drug-likeness (QED) is 0.746. The van der Waals surface area contributed by atoms with Gasteiger partial charge in [0.1, 0.15) is 6.54 Å². The molecule has 1 fully saturated rings. The van der Waals surface area contributed by atoms with E-state index in [9.17, 15) is 14.4 Å². The Morgan fingerprint density at radius 2 is 1.81 bits per heavy atom. The van der Waals surface area contributed by atoms with Gasteiger partial charge in [-0.15, -0.1) is 0 Å². The Labute approximate surface area is 154 Å². The minimum absolute atomic E-state index is 0.104. The molecule has 2 amide bonds. The van der Waals surface area contributed by atoms with E-state index in [1.807, 2.05) is 13.8 Å². The molecule has 1 unspecified atom stereocenters. The molecule has 6 nitrogen and oxygen atoms in total. The molecule has 142 valence electrons. The van der Waals surface area contributed by atoms with E-state index < -0.39 is 5.97 Å². The number of carbonyl (C=O) groups is 3. The Hall–Kier alpha value is -2.37. The van der Waals surface area contributed by atoms with Crippen molar-refractivity contribution < 1.29 is 19.5 Å². The number of amides is 2. The van der Waals surface area contributed by atoms with Crippen LogP contribution in [-0.4, -0.2) is 40.4 Å². The number of carbonyl (C=O) groups excluding carboxylic acids is 2. The first-order valence-corrected chi connectivity index (χ1v) is 9.31. The summed E-state index contributed by atoms with van der Waals surface area (Å²) in [6.07, 6.45) is 4.86. The van der Waals surface area contributed by atoms with Crippen LogP contribution >= 0.6 is 0 Å². The molecule has 0 heterocycles. The van der Waals surface area contributed by atoms with Crippen molar-refractivity contribution in [2.24, 2.45) is 5.92 Å². The summed E-state index contributed by atoms with van der Waals surface area (Å²) in [4.78, 5) is 37.1. The van der Waals surface area contributed by atoms with Gasteiger partial charge in [-0.3, -0.25) is 14.4 Å². The Balaban J connectivity index is 1.97. The monoisotopic (exact) mass is 360 g/mol. The van der Waals surface area contributed by atoms with E-state index in [1.165, 1.54) is 4.90 Å². The molecule has 2 rings (SSSR count). The maximum atomic E-state index is 12.6. The van der Waals surface area contributed by atoms with Crippen LogP contribution in [0.2, 0.25) is 0 Å². The van der Waals surface area contributed by atoms with Crippen LogP contribution in [0.1, 0.15) is 61.9 Å². The van der Waals surface area contributed by atoms with E-state index in [1.54, 1.807) is 24.3 Å². The van der Waals surface area contributed by atoms with Crippen molar-refractivity contribution in [3.8, 4) is 0 Å². The summed E-state index contributed by atoms with van der Waals surface area (Å²) >= 11 is 0. The van der Waals surface area contributed by atoms with Crippen molar-refractivity contribution in [2.75, 3.05) is 6.54 Å². The van der Waals surface area contributed by atoms with Crippen molar-refractivity contribution in [1.29, 1.82) is 0 Å². The van der Waals surface area contributed by atoms with Gasteiger partial charge in [-0.2, -0.15) is 0 Å². The minimum Gasteiger partial charge on any atom is -0.480 e. The van der Waals surface area contributed by atoms with Crippen LogP contribution in [-0.2, 0) is 16.1 Å². The fraction of sp³-hybridized carbons (Fsp3) is 0.550. The summed E-state index contributed by atoms with van der Waals surface area (Å²) in [5.74, 6) is -1.07. The molecule has 1 aliphatic rings. The highest BCUT2D eigenvalue weighted by Crippen LogP contribution is 2.24. The van der Waals surface area contributed by atoms with Gasteiger partial charge < -0.3 is 15.3 Å². The van der Waals surface area contributed by atoms with Crippen LogP contribution in [0.4, 0.5) is 0 Å². The standard InChI is InChI=1S/C20H28N2O4/c1-3-14(2)22(13-18(23)24)20(26)17-10-8-15(9-11-17)12-21-19(25)16-6-4-5-7-16/h8-11,14,16H,3-7,12-13H2,1-2H3,(H,21,25)(H,23,24). The van der Waals surface area contributed by atoms with Crippen LogP contribution in [0, 0.1) is 5.92 Å². The largest absolute Gasteiger partial charge is 0.480 e. The average molecular weight is 360 g/mol. The number of hydrogen-bond acceptors (Lipinski definition) is 3. The molecule has 0 aliphatic heterocycles. The van der Waals surface area contributed by atoms with Crippen molar-refractivity contribution in [3.63, 3.8) is 0 Å². The highest BCUT2D eigenvalue weighted by Gasteiger charge is 2.23. The average Bonchev–Trinajstić information content (AvgIpc) is 3.18. The van der Waals surface area contributed by atoms with Crippen molar-refractivity contribution in [3.05, 3.63) is 35.4 Å². The Bertz CT molecular complexity index is 636. The molecule has 2 N–H and O–H groups in total. The van der Waals surface area contributed by atoms with E-state index in [-0.39, 0.29) is 30.3 Å². The third-order valence-corrected chi connectivity index (χ3v) is 5.08. The molecular weight excluding hydrogens is 332 g/mol. The zero-order valence-electron chi connectivity index (χ0n) is 15.5. The lowest BCUT2D eigenvalue weighted by Gasteiger charge is -2.27. The maximum absolute atomic E-state index is 12.6. The topological polar surface area (TPSA) is 86.7 Å². The molecule has 0 spiro atoms. The summed E-state index contributed by atoms with van der Waals surface area (Å²) < 4.78 is 0. The van der Waals surface area contributed by atoms with Gasteiger partial charge >= 0.3 is 5.97 Å². The molecule has 1 atom stereocenters. The molecule has 0 radical (unpaired) electrons. The summed E-state index contributed by atoms with van der Waals surface area (Å²) in [6.45, 7) is 3.89. The lowest BCUT2D eigenvalue weighted by Crippen LogP contribution is -2.41. The fourth-order valence-corrected chi connectivity index (χ4v) is 3.25. The predicted octanol–water partition coefficient (Wildman–Crippen LogP) is 2.82. The Kier molecular flexibility index (Phi) is 7.18. The molecule has 6 heteroatoms. The highest BCUT2D eigenvalue weighted by atomic mass is 16.4. The van der Waals surface area contributed by atoms with E-state index in [0.29, 0.717) is 18.5 Å². The number of rotatable bonds is 8. The first kappa shape index (κ1) is 19.9. The van der Waals surface area contributed by atoms with Crippen molar-refractivity contribution in [2.45, 2.75) is 58.5 Å². The summed E-state index contributed by atoms with van der Waals surface area (Å²) in [6, 6.07) is 6.84. The van der Waals surface area contributed by atoms with E-state index in [0.717, 1.165) is 31.2 Å². The molecule has 0 aromatic heterocycles. The second-order valence-electron chi connectivity index (χ2n) is 6.98. The first-order chi connectivity index (χ1) is 12.4. The SMILES string of the molecule is CCC(C)N(CC(=O)O)C(=O)c1ccc(CNC(=O)C2CCCC2)cc1. The van der Waals surface area contributed by atoms with Crippen LogP contribution in [0.15, 0.2) is 24.3 Å². The lowest BCUT2D eigenvalue weighted by atomic mass is 10.1. The predicted molar refractivity (Wildman–Crippen MR) is 98.7 cm³/mol. The number of carboxylic acids is 1. The molecule has 1 aromatic rings. The van der Waals surface area contributed by atoms with E-state index in [4.69, 9.17) is 5.11 Å². The smallest absolute Gasteiger partial charge is 0.323 e. The van der Waals surface area contributed by atoms with E-state index in [2.05, 4.69) is 5.32 Å². The van der Waals surface area contributed by atoms with E-state index >= 15 is 0 Å². The molecule has 26 heavy (non-hydrogen) atoms. The normalized spacial score (nSPS) is 15.5. The number of nitrogens with zero attached hydrogens (tertiary/aromatic N) is 1. The number of aliphatic carboxylic acids is 1. The van der Waals surface area contributed by atoms with Crippen LogP contribution < -0.4 is 5.32 Å². The second-order valence-corrected chi connectivity index (χ2v) is 6.98. The van der Waals surface area contributed by atoms with Gasteiger partial charge in [0, 0.05) is 24.1 Å². The third kappa shape index (κ3) is 5.31. The van der Waals surface area contributed by atoms with Crippen molar-refractivity contribution in [1.82, 2.24) is 10.2 Å². The molecule has 1 aromatic carbocycles. The minimum atomic E-state index is -1.02. The van der Waals surface area contributed by atoms with Gasteiger partial charge in [-0.05, 0) is 43.9 Å². The maximum Gasteiger partial charge on any atom is 0.323 e. The second kappa shape index (κ2) is 9.36. The Morgan fingerprint density at radius 3 is 2.35 bits per heavy atom. The van der Waals surface area contributed by atoms with Gasteiger partial charge in [0.05, 0.1) is 0 Å². The number of benzene rings is 1. The zero-order valence-corrected chi connectivity index (χ0v) is 15.5. The van der Waals surface area contributed by atoms with Gasteiger partial charge in [-0.1, -0.05) is 31.9 Å². The number of hydrogen-bond donors (Lipinski definition) is 2. The molecule has 1 saturated carbocycles. The van der Waals surface area contributed by atoms with Gasteiger partial charge in [0.2, 0.25) is 5.91 Å². The van der Waals surface area contributed by atoms with Crippen LogP contribution in [0.5, 0.6) is 0 Å². The zero-order chi connectivity index (χ0) is 19.1. The number of carboxylic acid groups (broad SMARTS) is 1. The highest BCUT2D eigenvalue weighted by molar-refractivity contribution is 5.96. The van der Waals surface area contributed by atoms with Crippen LogP contribution in [0.3, 0.4) is 0 Å². The van der Waals surface area contributed by atoms with Crippen molar-refractivity contribution >= 4 is 17.8 Å². The molecule has 0 bridgehead atoms. The lowest BCUT2D eigenvalue weighted by molar-refractivity contribution is -0.138. The van der Waals surface area contributed by atoms with Gasteiger partial charge in [0.15, 0.2) is 0 Å². The van der Waals surface area contributed by atoms with Crippen LogP contribution in [0.25, 0.3) is 0 Å². The number of nitrogens with one attached hydrogen (secondary N) is 1.